The van der Waals surface area contributed by atoms with E-state index in [9.17, 15) is 4.79 Å². The number of nitrogens with one attached hydrogen (secondary N) is 1. The second-order valence-corrected chi connectivity index (χ2v) is 6.87. The van der Waals surface area contributed by atoms with Crippen molar-refractivity contribution < 1.29 is 9.32 Å². The molecule has 7 nitrogen and oxygen atoms in total. The van der Waals surface area contributed by atoms with E-state index in [1.165, 1.54) is 5.56 Å². The van der Waals surface area contributed by atoms with Gasteiger partial charge in [0.15, 0.2) is 0 Å². The van der Waals surface area contributed by atoms with Crippen molar-refractivity contribution in [2.75, 3.05) is 20.6 Å². The van der Waals surface area contributed by atoms with Crippen LogP contribution in [0.1, 0.15) is 23.9 Å². The first-order valence-corrected chi connectivity index (χ1v) is 9.26. The van der Waals surface area contributed by atoms with Crippen LogP contribution in [0.5, 0.6) is 0 Å². The van der Waals surface area contributed by atoms with Crippen molar-refractivity contribution in [3.8, 4) is 11.4 Å². The maximum Gasteiger partial charge on any atom is 0.227 e. The van der Waals surface area contributed by atoms with E-state index in [0.29, 0.717) is 31.1 Å². The number of carbonyl (C=O) groups excluding carboxylic acids is 1. The molecule has 0 saturated carbocycles. The van der Waals surface area contributed by atoms with Gasteiger partial charge in [0.25, 0.3) is 0 Å². The number of pyridine rings is 1. The number of amides is 1. The third-order valence-electron chi connectivity index (χ3n) is 4.02. The zero-order valence-corrected chi connectivity index (χ0v) is 15.6. The van der Waals surface area contributed by atoms with E-state index in [1.807, 2.05) is 31.6 Å². The number of thiophene rings is 1. The summed E-state index contributed by atoms with van der Waals surface area (Å²) in [7, 11) is 4.01. The van der Waals surface area contributed by atoms with Crippen LogP contribution < -0.4 is 5.32 Å². The summed E-state index contributed by atoms with van der Waals surface area (Å²) in [5.41, 5.74) is 2.04. The molecular weight excluding hydrogens is 350 g/mol. The second-order valence-electron chi connectivity index (χ2n) is 6.09. The SMILES string of the molecule is CN(C)C(CNC(=O)CCc1nc(-c2ccncc2)no1)c1ccsc1. The molecule has 0 aliphatic heterocycles. The molecule has 3 rings (SSSR count). The summed E-state index contributed by atoms with van der Waals surface area (Å²) in [6, 6.07) is 5.87. The number of hydrogen-bond acceptors (Lipinski definition) is 7. The van der Waals surface area contributed by atoms with E-state index in [-0.39, 0.29) is 11.9 Å². The van der Waals surface area contributed by atoms with Gasteiger partial charge < -0.3 is 14.7 Å². The number of carbonyl (C=O) groups is 1. The van der Waals surface area contributed by atoms with Crippen LogP contribution in [0, 0.1) is 0 Å². The number of likely N-dealkylation sites (N-methyl/N-ethyl adjacent to an activating group) is 1. The van der Waals surface area contributed by atoms with Crippen molar-refractivity contribution in [3.63, 3.8) is 0 Å². The van der Waals surface area contributed by atoms with Gasteiger partial charge in [-0.2, -0.15) is 16.3 Å². The molecule has 3 aromatic heterocycles. The minimum Gasteiger partial charge on any atom is -0.354 e. The first-order chi connectivity index (χ1) is 12.6. The van der Waals surface area contributed by atoms with Crippen LogP contribution >= 0.6 is 11.3 Å². The lowest BCUT2D eigenvalue weighted by Crippen LogP contribution is -2.34. The predicted octanol–water partition coefficient (Wildman–Crippen LogP) is 2.54. The summed E-state index contributed by atoms with van der Waals surface area (Å²) in [4.78, 5) is 22.5. The summed E-state index contributed by atoms with van der Waals surface area (Å²) in [5.74, 6) is 0.928. The van der Waals surface area contributed by atoms with Gasteiger partial charge >= 0.3 is 0 Å². The molecule has 0 radical (unpaired) electrons. The average molecular weight is 371 g/mol. The molecule has 26 heavy (non-hydrogen) atoms. The van der Waals surface area contributed by atoms with Gasteiger partial charge in [0.2, 0.25) is 17.6 Å². The number of aryl methyl sites for hydroxylation is 1. The fourth-order valence-electron chi connectivity index (χ4n) is 2.56. The molecule has 0 saturated heterocycles. The van der Waals surface area contributed by atoms with Crippen molar-refractivity contribution in [1.82, 2.24) is 25.3 Å². The average Bonchev–Trinajstić information content (AvgIpc) is 3.33. The molecule has 0 aliphatic rings. The Kier molecular flexibility index (Phi) is 6.08. The van der Waals surface area contributed by atoms with Gasteiger partial charge in [-0.1, -0.05) is 5.16 Å². The van der Waals surface area contributed by atoms with Crippen molar-refractivity contribution >= 4 is 17.2 Å². The molecule has 8 heteroatoms. The monoisotopic (exact) mass is 371 g/mol. The summed E-state index contributed by atoms with van der Waals surface area (Å²) >= 11 is 1.66. The van der Waals surface area contributed by atoms with Crippen LogP contribution in [0.3, 0.4) is 0 Å². The zero-order chi connectivity index (χ0) is 18.4. The highest BCUT2D eigenvalue weighted by molar-refractivity contribution is 7.07. The van der Waals surface area contributed by atoms with Gasteiger partial charge in [0.1, 0.15) is 0 Å². The fourth-order valence-corrected chi connectivity index (χ4v) is 3.26. The topological polar surface area (TPSA) is 84.2 Å². The first-order valence-electron chi connectivity index (χ1n) is 8.31. The predicted molar refractivity (Wildman–Crippen MR) is 99.6 cm³/mol. The van der Waals surface area contributed by atoms with E-state index in [0.717, 1.165) is 5.56 Å². The van der Waals surface area contributed by atoms with Crippen LogP contribution in [0.4, 0.5) is 0 Å². The Labute approximate surface area is 156 Å². The minimum absolute atomic E-state index is 0.0317. The van der Waals surface area contributed by atoms with Crippen molar-refractivity contribution in [3.05, 3.63) is 52.8 Å². The van der Waals surface area contributed by atoms with Gasteiger partial charge in [0, 0.05) is 37.3 Å². The van der Waals surface area contributed by atoms with Crippen molar-refractivity contribution in [2.24, 2.45) is 0 Å². The standard InChI is InChI=1S/C18H21N5O2S/c1-23(2)15(14-7-10-26-12-14)11-20-16(24)3-4-17-21-18(22-25-17)13-5-8-19-9-6-13/h5-10,12,15H,3-4,11H2,1-2H3,(H,20,24). The normalized spacial score (nSPS) is 12.3. The molecule has 0 fully saturated rings. The minimum atomic E-state index is -0.0317. The molecule has 1 atom stereocenters. The summed E-state index contributed by atoms with van der Waals surface area (Å²) in [5, 5.41) is 11.1. The summed E-state index contributed by atoms with van der Waals surface area (Å²) in [6.45, 7) is 0.564. The third kappa shape index (κ3) is 4.74. The highest BCUT2D eigenvalue weighted by atomic mass is 32.1. The van der Waals surface area contributed by atoms with E-state index >= 15 is 0 Å². The van der Waals surface area contributed by atoms with Crippen LogP contribution in [-0.4, -0.2) is 46.6 Å². The number of aromatic nitrogens is 3. The van der Waals surface area contributed by atoms with Crippen LogP contribution in [0.15, 0.2) is 45.9 Å². The van der Waals surface area contributed by atoms with Crippen LogP contribution in [0.2, 0.25) is 0 Å². The highest BCUT2D eigenvalue weighted by Crippen LogP contribution is 2.20. The Hall–Kier alpha value is -2.58. The maximum atomic E-state index is 12.2. The number of nitrogens with zero attached hydrogens (tertiary/aromatic N) is 4. The quantitative estimate of drug-likeness (QED) is 0.655. The molecule has 1 amide bonds. The molecule has 1 N–H and O–H groups in total. The molecular formula is C18H21N5O2S. The van der Waals surface area contributed by atoms with Crippen molar-refractivity contribution in [2.45, 2.75) is 18.9 Å². The molecule has 136 valence electrons. The van der Waals surface area contributed by atoms with Crippen LogP contribution in [-0.2, 0) is 11.2 Å². The summed E-state index contributed by atoms with van der Waals surface area (Å²) in [6.07, 6.45) is 4.07. The number of hydrogen-bond donors (Lipinski definition) is 1. The fraction of sp³-hybridized carbons (Fsp3) is 0.333. The van der Waals surface area contributed by atoms with Gasteiger partial charge in [-0.15, -0.1) is 0 Å². The smallest absolute Gasteiger partial charge is 0.227 e. The molecule has 0 aromatic carbocycles. The lowest BCUT2D eigenvalue weighted by Gasteiger charge is -2.23. The number of rotatable bonds is 8. The molecule has 1 unspecified atom stereocenters. The van der Waals surface area contributed by atoms with E-state index in [2.05, 4.69) is 36.8 Å². The van der Waals surface area contributed by atoms with Crippen molar-refractivity contribution in [1.29, 1.82) is 0 Å². The van der Waals surface area contributed by atoms with Crippen LogP contribution in [0.25, 0.3) is 11.4 Å². The molecule has 0 aliphatic carbocycles. The largest absolute Gasteiger partial charge is 0.354 e. The lowest BCUT2D eigenvalue weighted by molar-refractivity contribution is -0.121. The van der Waals surface area contributed by atoms with E-state index in [1.54, 1.807) is 23.7 Å². The summed E-state index contributed by atoms with van der Waals surface area (Å²) < 4.78 is 5.22. The van der Waals surface area contributed by atoms with Gasteiger partial charge in [-0.05, 0) is 48.6 Å². The molecule has 0 bridgehead atoms. The first kappa shape index (κ1) is 18.2. The Balaban J connectivity index is 1.49. The Bertz CT molecular complexity index is 817. The Morgan fingerprint density at radius 3 is 2.81 bits per heavy atom. The van der Waals surface area contributed by atoms with E-state index < -0.39 is 0 Å². The third-order valence-corrected chi connectivity index (χ3v) is 4.72. The molecule has 3 heterocycles. The van der Waals surface area contributed by atoms with Gasteiger partial charge in [-0.3, -0.25) is 9.78 Å². The highest BCUT2D eigenvalue weighted by Gasteiger charge is 2.16. The molecule has 3 aromatic rings. The van der Waals surface area contributed by atoms with Gasteiger partial charge in [0.05, 0.1) is 6.04 Å². The Morgan fingerprint density at radius 2 is 2.12 bits per heavy atom. The van der Waals surface area contributed by atoms with E-state index in [4.69, 9.17) is 4.52 Å². The maximum absolute atomic E-state index is 12.2. The Morgan fingerprint density at radius 1 is 1.31 bits per heavy atom. The van der Waals surface area contributed by atoms with Gasteiger partial charge in [-0.25, -0.2) is 0 Å². The lowest BCUT2D eigenvalue weighted by atomic mass is 10.1. The molecule has 0 spiro atoms. The second kappa shape index (κ2) is 8.68. The zero-order valence-electron chi connectivity index (χ0n) is 14.8.